The van der Waals surface area contributed by atoms with Gasteiger partial charge in [-0.1, -0.05) is 18.2 Å². The Bertz CT molecular complexity index is 1160. The number of benzene rings is 1. The summed E-state index contributed by atoms with van der Waals surface area (Å²) in [6.45, 7) is 1.66. The van der Waals surface area contributed by atoms with E-state index in [4.69, 9.17) is 13.6 Å². The van der Waals surface area contributed by atoms with Gasteiger partial charge >= 0.3 is 5.97 Å². The number of amides is 1. The van der Waals surface area contributed by atoms with Gasteiger partial charge in [0, 0.05) is 5.39 Å². The van der Waals surface area contributed by atoms with Crippen LogP contribution in [-0.4, -0.2) is 23.5 Å². The molecule has 0 radical (unpaired) electrons. The highest BCUT2D eigenvalue weighted by Crippen LogP contribution is 2.26. The zero-order valence-corrected chi connectivity index (χ0v) is 15.7. The first-order valence-electron chi connectivity index (χ1n) is 9.03. The summed E-state index contributed by atoms with van der Waals surface area (Å²) in [6, 6.07) is 16.0. The van der Waals surface area contributed by atoms with Crippen LogP contribution in [-0.2, 0) is 16.1 Å². The molecule has 7 nitrogen and oxygen atoms in total. The number of aromatic nitrogens is 1. The van der Waals surface area contributed by atoms with E-state index in [-0.39, 0.29) is 6.54 Å². The third kappa shape index (κ3) is 4.19. The molecular formula is C22H18N2O5. The molecule has 1 aromatic carbocycles. The lowest BCUT2D eigenvalue weighted by Gasteiger charge is -2.09. The molecule has 0 bridgehead atoms. The van der Waals surface area contributed by atoms with Crippen LogP contribution in [0.2, 0.25) is 0 Å². The van der Waals surface area contributed by atoms with Crippen LogP contribution in [0.5, 0.6) is 0 Å². The van der Waals surface area contributed by atoms with Crippen molar-refractivity contribution >= 4 is 22.8 Å². The predicted molar refractivity (Wildman–Crippen MR) is 105 cm³/mol. The second kappa shape index (κ2) is 8.02. The van der Waals surface area contributed by atoms with Gasteiger partial charge in [-0.05, 0) is 43.3 Å². The smallest absolute Gasteiger partial charge is 0.339 e. The molecule has 0 aliphatic rings. The van der Waals surface area contributed by atoms with Gasteiger partial charge in [0.05, 0.1) is 23.9 Å². The van der Waals surface area contributed by atoms with Crippen molar-refractivity contribution in [3.8, 4) is 11.5 Å². The SMILES string of the molecule is Cc1ccc(-c2cc(C(=O)OCC(=O)NCc3ccco3)c3ccccc3n2)o1. The number of para-hydroxylation sites is 1. The highest BCUT2D eigenvalue weighted by molar-refractivity contribution is 6.05. The maximum absolute atomic E-state index is 12.7. The number of pyridine rings is 1. The molecule has 0 aliphatic heterocycles. The minimum atomic E-state index is -0.610. The van der Waals surface area contributed by atoms with E-state index in [0.717, 1.165) is 5.76 Å². The molecule has 1 N–H and O–H groups in total. The van der Waals surface area contributed by atoms with E-state index in [0.29, 0.717) is 33.7 Å². The average molecular weight is 390 g/mol. The zero-order valence-electron chi connectivity index (χ0n) is 15.7. The summed E-state index contributed by atoms with van der Waals surface area (Å²) in [5.74, 6) is 0.880. The molecule has 0 spiro atoms. The Morgan fingerprint density at radius 1 is 1.10 bits per heavy atom. The molecule has 0 saturated heterocycles. The molecular weight excluding hydrogens is 372 g/mol. The lowest BCUT2D eigenvalue weighted by atomic mass is 10.1. The topological polar surface area (TPSA) is 94.6 Å². The fourth-order valence-electron chi connectivity index (χ4n) is 2.90. The Morgan fingerprint density at radius 3 is 2.72 bits per heavy atom. The summed E-state index contributed by atoms with van der Waals surface area (Å²) in [6.07, 6.45) is 1.52. The Labute approximate surface area is 166 Å². The summed E-state index contributed by atoms with van der Waals surface area (Å²) in [5.41, 5.74) is 1.47. The second-order valence-electron chi connectivity index (χ2n) is 6.41. The van der Waals surface area contributed by atoms with Crippen molar-refractivity contribution < 1.29 is 23.2 Å². The Morgan fingerprint density at radius 2 is 1.97 bits per heavy atom. The molecule has 0 unspecified atom stereocenters. The lowest BCUT2D eigenvalue weighted by Crippen LogP contribution is -2.28. The van der Waals surface area contributed by atoms with Gasteiger partial charge in [-0.25, -0.2) is 9.78 Å². The van der Waals surface area contributed by atoms with Crippen molar-refractivity contribution in [3.63, 3.8) is 0 Å². The number of hydrogen-bond acceptors (Lipinski definition) is 6. The van der Waals surface area contributed by atoms with Crippen LogP contribution in [0.3, 0.4) is 0 Å². The van der Waals surface area contributed by atoms with Crippen LogP contribution >= 0.6 is 0 Å². The number of ether oxygens (including phenoxy) is 1. The number of esters is 1. The number of fused-ring (bicyclic) bond motifs is 1. The third-order valence-corrected chi connectivity index (χ3v) is 4.30. The van der Waals surface area contributed by atoms with Crippen LogP contribution in [0.25, 0.3) is 22.4 Å². The monoisotopic (exact) mass is 390 g/mol. The van der Waals surface area contributed by atoms with Gasteiger partial charge in [-0.3, -0.25) is 4.79 Å². The Balaban J connectivity index is 1.52. The first kappa shape index (κ1) is 18.5. The zero-order chi connectivity index (χ0) is 20.2. The van der Waals surface area contributed by atoms with Crippen molar-refractivity contribution in [1.82, 2.24) is 10.3 Å². The highest BCUT2D eigenvalue weighted by atomic mass is 16.5. The number of nitrogens with one attached hydrogen (secondary N) is 1. The molecule has 4 aromatic rings. The molecule has 146 valence electrons. The molecule has 3 heterocycles. The highest BCUT2D eigenvalue weighted by Gasteiger charge is 2.17. The molecule has 0 atom stereocenters. The Hall–Kier alpha value is -3.87. The van der Waals surface area contributed by atoms with Gasteiger partial charge in [0.2, 0.25) is 0 Å². The first-order chi connectivity index (χ1) is 14.1. The van der Waals surface area contributed by atoms with E-state index in [1.807, 2.05) is 31.2 Å². The normalized spacial score (nSPS) is 10.8. The fourth-order valence-corrected chi connectivity index (χ4v) is 2.90. The number of aryl methyl sites for hydroxylation is 1. The van der Waals surface area contributed by atoms with E-state index >= 15 is 0 Å². The number of nitrogens with zero attached hydrogens (tertiary/aromatic N) is 1. The van der Waals surface area contributed by atoms with Gasteiger partial charge in [-0.2, -0.15) is 0 Å². The van der Waals surface area contributed by atoms with Gasteiger partial charge in [-0.15, -0.1) is 0 Å². The molecule has 7 heteroatoms. The van der Waals surface area contributed by atoms with Crippen molar-refractivity contribution in [3.05, 3.63) is 77.9 Å². The average Bonchev–Trinajstić information content (AvgIpc) is 3.41. The van der Waals surface area contributed by atoms with Gasteiger partial charge in [0.15, 0.2) is 12.4 Å². The van der Waals surface area contributed by atoms with Crippen LogP contribution in [0, 0.1) is 6.92 Å². The van der Waals surface area contributed by atoms with Crippen molar-refractivity contribution in [2.75, 3.05) is 6.61 Å². The Kier molecular flexibility index (Phi) is 5.11. The van der Waals surface area contributed by atoms with E-state index in [1.165, 1.54) is 6.26 Å². The van der Waals surface area contributed by atoms with Crippen LogP contribution in [0.4, 0.5) is 0 Å². The summed E-state index contributed by atoms with van der Waals surface area (Å²) < 4.78 is 16.0. The van der Waals surface area contributed by atoms with E-state index < -0.39 is 18.5 Å². The number of carbonyl (C=O) groups excluding carboxylic acids is 2. The first-order valence-corrected chi connectivity index (χ1v) is 9.03. The lowest BCUT2D eigenvalue weighted by molar-refractivity contribution is -0.124. The number of rotatable bonds is 6. The summed E-state index contributed by atoms with van der Waals surface area (Å²) in [4.78, 5) is 29.2. The van der Waals surface area contributed by atoms with E-state index in [9.17, 15) is 9.59 Å². The standard InChI is InChI=1S/C22H18N2O5/c1-14-8-9-20(29-14)19-11-17(16-6-2-3-7-18(16)24-19)22(26)28-13-21(25)23-12-15-5-4-10-27-15/h2-11H,12-13H2,1H3,(H,23,25). The summed E-state index contributed by atoms with van der Waals surface area (Å²) in [5, 5.41) is 3.27. The molecule has 0 aliphatic carbocycles. The maximum atomic E-state index is 12.7. The summed E-state index contributed by atoms with van der Waals surface area (Å²) in [7, 11) is 0. The van der Waals surface area contributed by atoms with E-state index in [1.54, 1.807) is 30.3 Å². The van der Waals surface area contributed by atoms with Crippen molar-refractivity contribution in [2.24, 2.45) is 0 Å². The largest absolute Gasteiger partial charge is 0.467 e. The predicted octanol–water partition coefficient (Wildman–Crippen LogP) is 3.87. The fraction of sp³-hybridized carbons (Fsp3) is 0.136. The molecule has 0 saturated carbocycles. The quantitative estimate of drug-likeness (QED) is 0.502. The van der Waals surface area contributed by atoms with Crippen molar-refractivity contribution in [2.45, 2.75) is 13.5 Å². The van der Waals surface area contributed by atoms with Gasteiger partial charge in [0.25, 0.3) is 5.91 Å². The second-order valence-corrected chi connectivity index (χ2v) is 6.41. The van der Waals surface area contributed by atoms with Gasteiger partial charge < -0.3 is 18.9 Å². The molecule has 1 amide bonds. The minimum absolute atomic E-state index is 0.226. The molecule has 29 heavy (non-hydrogen) atoms. The van der Waals surface area contributed by atoms with Gasteiger partial charge in [0.1, 0.15) is 17.2 Å². The molecule has 3 aromatic heterocycles. The maximum Gasteiger partial charge on any atom is 0.339 e. The third-order valence-electron chi connectivity index (χ3n) is 4.30. The van der Waals surface area contributed by atoms with Crippen LogP contribution in [0.1, 0.15) is 21.9 Å². The number of carbonyl (C=O) groups is 2. The van der Waals surface area contributed by atoms with E-state index in [2.05, 4.69) is 10.3 Å². The number of hydrogen-bond donors (Lipinski definition) is 1. The molecule has 4 rings (SSSR count). The van der Waals surface area contributed by atoms with Crippen molar-refractivity contribution in [1.29, 1.82) is 0 Å². The van der Waals surface area contributed by atoms with Crippen LogP contribution < -0.4 is 5.32 Å². The summed E-state index contributed by atoms with van der Waals surface area (Å²) >= 11 is 0. The minimum Gasteiger partial charge on any atom is -0.467 e. The molecule has 0 fully saturated rings. The number of furan rings is 2. The van der Waals surface area contributed by atoms with Crippen LogP contribution in [0.15, 0.2) is 69.7 Å².